The van der Waals surface area contributed by atoms with Gasteiger partial charge in [0.05, 0.1) is 16.1 Å². The van der Waals surface area contributed by atoms with Gasteiger partial charge in [-0.2, -0.15) is 0 Å². The summed E-state index contributed by atoms with van der Waals surface area (Å²) in [5.41, 5.74) is -0.192. The lowest BCUT2D eigenvalue weighted by atomic mass is 10.2. The van der Waals surface area contributed by atoms with E-state index in [1.165, 1.54) is 38.2 Å². The van der Waals surface area contributed by atoms with Crippen LogP contribution in [0.4, 0.5) is 20.2 Å². The molecule has 10 heteroatoms. The van der Waals surface area contributed by atoms with Crippen molar-refractivity contribution in [3.8, 4) is 0 Å². The number of nitrogens with one attached hydrogen (secondary N) is 1. The summed E-state index contributed by atoms with van der Waals surface area (Å²) >= 11 is 0. The first-order valence-electron chi connectivity index (χ1n) is 9.71. The molecule has 3 rings (SSSR count). The van der Waals surface area contributed by atoms with Gasteiger partial charge in [0.1, 0.15) is 17.3 Å². The molecule has 0 saturated heterocycles. The minimum atomic E-state index is -3.87. The van der Waals surface area contributed by atoms with E-state index in [9.17, 15) is 26.8 Å². The van der Waals surface area contributed by atoms with Gasteiger partial charge in [-0.25, -0.2) is 22.0 Å². The quantitative estimate of drug-likeness (QED) is 0.523. The van der Waals surface area contributed by atoms with Gasteiger partial charge in [0.15, 0.2) is 6.10 Å². The summed E-state index contributed by atoms with van der Waals surface area (Å²) in [5, 5.41) is 2.04. The Bertz CT molecular complexity index is 1250. The molecule has 0 fully saturated rings. The van der Waals surface area contributed by atoms with E-state index in [0.717, 1.165) is 22.5 Å². The molecular weight excluding hydrogens is 454 g/mol. The maximum atomic E-state index is 13.7. The van der Waals surface area contributed by atoms with E-state index < -0.39 is 45.3 Å². The van der Waals surface area contributed by atoms with E-state index in [2.05, 4.69) is 0 Å². The van der Waals surface area contributed by atoms with Crippen molar-refractivity contribution in [3.63, 3.8) is 0 Å². The minimum absolute atomic E-state index is 0.00645. The Morgan fingerprint density at radius 2 is 1.48 bits per heavy atom. The van der Waals surface area contributed by atoms with Crippen molar-refractivity contribution in [2.24, 2.45) is 0 Å². The first-order chi connectivity index (χ1) is 15.6. The van der Waals surface area contributed by atoms with Crippen LogP contribution in [0.5, 0.6) is 0 Å². The zero-order valence-corrected chi connectivity index (χ0v) is 18.5. The molecule has 0 aromatic heterocycles. The number of rotatable bonds is 7. The highest BCUT2D eigenvalue weighted by Crippen LogP contribution is 2.22. The number of sulfonamides is 1. The van der Waals surface area contributed by atoms with Crippen LogP contribution < -0.4 is 9.62 Å². The van der Waals surface area contributed by atoms with Gasteiger partial charge in [-0.3, -0.25) is 9.10 Å². The van der Waals surface area contributed by atoms with Crippen LogP contribution in [0.15, 0.2) is 77.7 Å². The van der Waals surface area contributed by atoms with Crippen molar-refractivity contribution in [2.75, 3.05) is 16.7 Å². The summed E-state index contributed by atoms with van der Waals surface area (Å²) in [4.78, 5) is 24.5. The summed E-state index contributed by atoms with van der Waals surface area (Å²) < 4.78 is 59.1. The molecule has 0 radical (unpaired) electrons. The topological polar surface area (TPSA) is 92.8 Å². The average molecular weight is 474 g/mol. The second-order valence-corrected chi connectivity index (χ2v) is 8.94. The van der Waals surface area contributed by atoms with Gasteiger partial charge in [0, 0.05) is 7.05 Å². The first-order valence-corrected chi connectivity index (χ1v) is 11.1. The third kappa shape index (κ3) is 5.35. The molecule has 33 heavy (non-hydrogen) atoms. The fourth-order valence-electron chi connectivity index (χ4n) is 2.82. The number of halogens is 2. The molecule has 3 aromatic carbocycles. The molecular formula is C23H20F2N2O5S. The van der Waals surface area contributed by atoms with Crippen LogP contribution in [0.25, 0.3) is 0 Å². The highest BCUT2D eigenvalue weighted by molar-refractivity contribution is 7.92. The molecule has 3 aromatic rings. The molecule has 1 N–H and O–H groups in total. The molecule has 0 aliphatic carbocycles. The van der Waals surface area contributed by atoms with E-state index in [0.29, 0.717) is 5.69 Å². The standard InChI is InChI=1S/C23H20F2N2O5S/c1-15(22(28)26-21-19(24)9-6-10-20(21)25)32-23(29)16-11-13-18(14-12-16)33(30,31)27(2)17-7-4-3-5-8-17/h3-15H,1-2H3,(H,26,28). The SMILES string of the molecule is CC(OC(=O)c1ccc(S(=O)(=O)N(C)c2ccccc2)cc1)C(=O)Nc1c(F)cccc1F. The van der Waals surface area contributed by atoms with Crippen LogP contribution in [0.1, 0.15) is 17.3 Å². The Labute approximate surface area is 189 Å². The maximum absolute atomic E-state index is 13.7. The Morgan fingerprint density at radius 1 is 0.909 bits per heavy atom. The Balaban J connectivity index is 1.68. The second kappa shape index (κ2) is 9.78. The monoisotopic (exact) mass is 474 g/mol. The van der Waals surface area contributed by atoms with Crippen molar-refractivity contribution >= 4 is 33.3 Å². The number of nitrogens with zero attached hydrogens (tertiary/aromatic N) is 1. The number of carbonyl (C=O) groups is 2. The van der Waals surface area contributed by atoms with Crippen LogP contribution in [-0.4, -0.2) is 33.4 Å². The second-order valence-electron chi connectivity index (χ2n) is 6.97. The normalized spacial score (nSPS) is 12.0. The van der Waals surface area contributed by atoms with Crippen LogP contribution in [0, 0.1) is 11.6 Å². The van der Waals surface area contributed by atoms with Gasteiger partial charge >= 0.3 is 5.97 Å². The summed E-state index contributed by atoms with van der Waals surface area (Å²) in [7, 11) is -2.46. The van der Waals surface area contributed by atoms with Gasteiger partial charge in [0.2, 0.25) is 0 Å². The van der Waals surface area contributed by atoms with Gasteiger partial charge in [-0.1, -0.05) is 24.3 Å². The van der Waals surface area contributed by atoms with E-state index in [4.69, 9.17) is 4.74 Å². The molecule has 172 valence electrons. The molecule has 0 bridgehead atoms. The molecule has 1 amide bonds. The lowest BCUT2D eigenvalue weighted by Gasteiger charge is -2.19. The minimum Gasteiger partial charge on any atom is -0.449 e. The molecule has 0 saturated carbocycles. The van der Waals surface area contributed by atoms with E-state index in [1.807, 2.05) is 5.32 Å². The van der Waals surface area contributed by atoms with Crippen LogP contribution in [0.2, 0.25) is 0 Å². The third-order valence-corrected chi connectivity index (χ3v) is 6.53. The molecule has 7 nitrogen and oxygen atoms in total. The average Bonchev–Trinajstić information content (AvgIpc) is 2.81. The van der Waals surface area contributed by atoms with Crippen LogP contribution in [0.3, 0.4) is 0 Å². The summed E-state index contributed by atoms with van der Waals surface area (Å²) in [5.74, 6) is -3.79. The van der Waals surface area contributed by atoms with Crippen LogP contribution in [-0.2, 0) is 19.6 Å². The van der Waals surface area contributed by atoms with Crippen molar-refractivity contribution in [2.45, 2.75) is 17.9 Å². The Hall–Kier alpha value is -3.79. The van der Waals surface area contributed by atoms with Crippen molar-refractivity contribution < 1.29 is 31.5 Å². The smallest absolute Gasteiger partial charge is 0.338 e. The Morgan fingerprint density at radius 3 is 2.06 bits per heavy atom. The molecule has 0 heterocycles. The predicted molar refractivity (Wildman–Crippen MR) is 118 cm³/mol. The van der Waals surface area contributed by atoms with E-state index >= 15 is 0 Å². The lowest BCUT2D eigenvalue weighted by Crippen LogP contribution is -2.30. The molecule has 0 aliphatic heterocycles. The predicted octanol–water partition coefficient (Wildman–Crippen LogP) is 3.97. The van der Waals surface area contributed by atoms with E-state index in [1.54, 1.807) is 30.3 Å². The largest absolute Gasteiger partial charge is 0.449 e. The van der Waals surface area contributed by atoms with Crippen molar-refractivity contribution in [3.05, 3.63) is 90.0 Å². The zero-order chi connectivity index (χ0) is 24.2. The fourth-order valence-corrected chi connectivity index (χ4v) is 4.02. The number of amides is 1. The molecule has 0 spiro atoms. The highest BCUT2D eigenvalue weighted by Gasteiger charge is 2.24. The highest BCUT2D eigenvalue weighted by atomic mass is 32.2. The van der Waals surface area contributed by atoms with Gasteiger partial charge in [-0.15, -0.1) is 0 Å². The molecule has 1 unspecified atom stereocenters. The number of hydrogen-bond acceptors (Lipinski definition) is 5. The fraction of sp³-hybridized carbons (Fsp3) is 0.130. The van der Waals surface area contributed by atoms with E-state index in [-0.39, 0.29) is 10.5 Å². The third-order valence-electron chi connectivity index (χ3n) is 4.73. The number of ether oxygens (including phenoxy) is 1. The van der Waals surface area contributed by atoms with Crippen molar-refractivity contribution in [1.29, 1.82) is 0 Å². The summed E-state index contributed by atoms with van der Waals surface area (Å²) in [6.45, 7) is 1.24. The molecule has 0 aliphatic rings. The van der Waals surface area contributed by atoms with Gasteiger partial charge in [0.25, 0.3) is 15.9 Å². The van der Waals surface area contributed by atoms with Crippen molar-refractivity contribution in [1.82, 2.24) is 0 Å². The maximum Gasteiger partial charge on any atom is 0.338 e. The summed E-state index contributed by atoms with van der Waals surface area (Å²) in [6, 6.07) is 16.5. The number of benzene rings is 3. The number of esters is 1. The first kappa shape index (κ1) is 23.9. The van der Waals surface area contributed by atoms with Crippen LogP contribution >= 0.6 is 0 Å². The Kier molecular flexibility index (Phi) is 7.07. The number of para-hydroxylation sites is 2. The van der Waals surface area contributed by atoms with Gasteiger partial charge in [-0.05, 0) is 55.5 Å². The molecule has 1 atom stereocenters. The number of hydrogen-bond donors (Lipinski definition) is 1. The lowest BCUT2D eigenvalue weighted by molar-refractivity contribution is -0.123. The number of anilines is 2. The zero-order valence-electron chi connectivity index (χ0n) is 17.7. The van der Waals surface area contributed by atoms with Gasteiger partial charge < -0.3 is 10.1 Å². The number of carbonyl (C=O) groups excluding carboxylic acids is 2. The summed E-state index contributed by atoms with van der Waals surface area (Å²) in [6.07, 6.45) is -1.37.